The number of rotatable bonds is 2. The number of nitrogen functional groups attached to an aromatic ring is 1. The summed E-state index contributed by atoms with van der Waals surface area (Å²) in [5.41, 5.74) is 3.63. The molecule has 7 heteroatoms. The van der Waals surface area contributed by atoms with E-state index in [0.29, 0.717) is 0 Å². The first-order valence-electron chi connectivity index (χ1n) is 5.05. The van der Waals surface area contributed by atoms with Crippen molar-refractivity contribution in [2.24, 2.45) is 0 Å². The van der Waals surface area contributed by atoms with Gasteiger partial charge in [0.25, 0.3) is 0 Å². The first-order valence-corrected chi connectivity index (χ1v) is 5.05. The molecule has 0 spiro atoms. The van der Waals surface area contributed by atoms with Gasteiger partial charge in [-0.25, -0.2) is 22.0 Å². The Morgan fingerprint density at radius 1 is 0.842 bits per heavy atom. The van der Waals surface area contributed by atoms with Crippen molar-refractivity contribution in [2.75, 3.05) is 11.1 Å². The van der Waals surface area contributed by atoms with Crippen molar-refractivity contribution in [1.82, 2.24) is 0 Å². The van der Waals surface area contributed by atoms with Gasteiger partial charge in [0.2, 0.25) is 0 Å². The summed E-state index contributed by atoms with van der Waals surface area (Å²) >= 11 is 0. The Labute approximate surface area is 104 Å². The van der Waals surface area contributed by atoms with E-state index in [0.717, 1.165) is 6.07 Å². The van der Waals surface area contributed by atoms with E-state index < -0.39 is 40.5 Å². The van der Waals surface area contributed by atoms with Crippen LogP contribution in [0, 0.1) is 29.1 Å². The van der Waals surface area contributed by atoms with Crippen LogP contribution < -0.4 is 11.1 Å². The number of nitrogens with one attached hydrogen (secondary N) is 1. The summed E-state index contributed by atoms with van der Waals surface area (Å²) in [5.74, 6) is -7.22. The van der Waals surface area contributed by atoms with Crippen molar-refractivity contribution in [2.45, 2.75) is 0 Å². The van der Waals surface area contributed by atoms with E-state index in [9.17, 15) is 22.0 Å². The monoisotopic (exact) mass is 274 g/mol. The van der Waals surface area contributed by atoms with Crippen LogP contribution in [0.5, 0.6) is 0 Å². The van der Waals surface area contributed by atoms with Crippen LogP contribution in [0.4, 0.5) is 39.0 Å². The van der Waals surface area contributed by atoms with Crippen LogP contribution in [0.3, 0.4) is 0 Å². The van der Waals surface area contributed by atoms with Crippen molar-refractivity contribution in [3.63, 3.8) is 0 Å². The molecule has 2 nitrogen and oxygen atoms in total. The molecule has 2 rings (SSSR count). The molecule has 0 bridgehead atoms. The van der Waals surface area contributed by atoms with Crippen LogP contribution in [0.15, 0.2) is 24.3 Å². The highest BCUT2D eigenvalue weighted by Gasteiger charge is 2.20. The van der Waals surface area contributed by atoms with Crippen LogP contribution in [0.2, 0.25) is 0 Å². The summed E-state index contributed by atoms with van der Waals surface area (Å²) in [6, 6.07) is 3.53. The molecule has 0 aliphatic heterocycles. The lowest BCUT2D eigenvalue weighted by Gasteiger charge is -2.12. The Balaban J connectivity index is 2.52. The van der Waals surface area contributed by atoms with Crippen molar-refractivity contribution >= 4 is 17.1 Å². The Bertz CT molecular complexity index is 616. The van der Waals surface area contributed by atoms with Gasteiger partial charge in [0.15, 0.2) is 23.3 Å². The minimum Gasteiger partial charge on any atom is -0.395 e. The zero-order valence-electron chi connectivity index (χ0n) is 9.28. The van der Waals surface area contributed by atoms with Gasteiger partial charge >= 0.3 is 0 Å². The lowest BCUT2D eigenvalue weighted by Crippen LogP contribution is -2.05. The van der Waals surface area contributed by atoms with Gasteiger partial charge in [0.05, 0.1) is 11.4 Å². The highest BCUT2D eigenvalue weighted by Crippen LogP contribution is 2.30. The maximum atomic E-state index is 13.4. The van der Waals surface area contributed by atoms with Gasteiger partial charge in [-0.05, 0) is 12.1 Å². The Kier molecular flexibility index (Phi) is 3.28. The lowest BCUT2D eigenvalue weighted by molar-refractivity contribution is 0.459. The number of anilines is 3. The molecule has 0 atom stereocenters. The number of benzene rings is 2. The minimum atomic E-state index is -1.62. The van der Waals surface area contributed by atoms with Crippen LogP contribution in [0.1, 0.15) is 0 Å². The fraction of sp³-hybridized carbons (Fsp3) is 0. The predicted octanol–water partition coefficient (Wildman–Crippen LogP) is 3.71. The van der Waals surface area contributed by atoms with Gasteiger partial charge in [0, 0.05) is 6.07 Å². The van der Waals surface area contributed by atoms with Crippen molar-refractivity contribution in [3.8, 4) is 0 Å². The zero-order chi connectivity index (χ0) is 14.2. The normalized spacial score (nSPS) is 10.6. The summed E-state index contributed by atoms with van der Waals surface area (Å²) in [5, 5.41) is 2.04. The van der Waals surface area contributed by atoms with E-state index >= 15 is 0 Å². The second-order valence-corrected chi connectivity index (χ2v) is 3.67. The lowest BCUT2D eigenvalue weighted by atomic mass is 10.2. The molecule has 19 heavy (non-hydrogen) atoms. The topological polar surface area (TPSA) is 38.0 Å². The number of halogens is 5. The highest BCUT2D eigenvalue weighted by molar-refractivity contribution is 5.73. The molecule has 0 saturated heterocycles. The predicted molar refractivity (Wildman–Crippen MR) is 60.4 cm³/mol. The fourth-order valence-electron chi connectivity index (χ4n) is 1.46. The number of para-hydroxylation sites is 1. The summed E-state index contributed by atoms with van der Waals surface area (Å²) in [6.45, 7) is 0. The third kappa shape index (κ3) is 2.31. The molecule has 0 unspecified atom stereocenters. The largest absolute Gasteiger partial charge is 0.395 e. The van der Waals surface area contributed by atoms with E-state index in [1.807, 2.05) is 5.32 Å². The first kappa shape index (κ1) is 13.1. The molecule has 0 aliphatic carbocycles. The molecular weight excluding hydrogens is 267 g/mol. The molecule has 0 aromatic heterocycles. The molecule has 0 aliphatic rings. The van der Waals surface area contributed by atoms with E-state index in [1.165, 1.54) is 12.1 Å². The second kappa shape index (κ2) is 4.75. The van der Waals surface area contributed by atoms with Gasteiger partial charge in [-0.1, -0.05) is 6.07 Å². The average Bonchev–Trinajstić information content (AvgIpc) is 2.37. The maximum Gasteiger partial charge on any atom is 0.185 e. The molecule has 100 valence electrons. The standard InChI is InChI=1S/C12H7F5N2/c13-5-2-1-3-8(11(5)18)19-12-9(16)6(14)4-7(15)10(12)17/h1-4,19H,18H2. The van der Waals surface area contributed by atoms with Crippen LogP contribution >= 0.6 is 0 Å². The van der Waals surface area contributed by atoms with E-state index in [1.54, 1.807) is 0 Å². The molecule has 3 N–H and O–H groups in total. The quantitative estimate of drug-likeness (QED) is 0.497. The number of hydrogen-bond donors (Lipinski definition) is 2. The van der Waals surface area contributed by atoms with E-state index in [4.69, 9.17) is 5.73 Å². The van der Waals surface area contributed by atoms with Crippen molar-refractivity contribution < 1.29 is 22.0 Å². The zero-order valence-corrected chi connectivity index (χ0v) is 9.28. The Hall–Kier alpha value is -2.31. The minimum absolute atomic E-state index is 0.0742. The Morgan fingerprint density at radius 2 is 1.42 bits per heavy atom. The molecule has 2 aromatic carbocycles. The summed E-state index contributed by atoms with van der Waals surface area (Å²) < 4.78 is 65.9. The second-order valence-electron chi connectivity index (χ2n) is 3.67. The maximum absolute atomic E-state index is 13.4. The van der Waals surface area contributed by atoms with Gasteiger partial charge in [-0.15, -0.1) is 0 Å². The third-order valence-electron chi connectivity index (χ3n) is 2.42. The molecule has 2 aromatic rings. The van der Waals surface area contributed by atoms with Crippen LogP contribution in [-0.2, 0) is 0 Å². The van der Waals surface area contributed by atoms with Gasteiger partial charge in [0.1, 0.15) is 11.5 Å². The molecule has 0 saturated carbocycles. The Morgan fingerprint density at radius 3 is 2.00 bits per heavy atom. The SMILES string of the molecule is Nc1c(F)cccc1Nc1c(F)c(F)cc(F)c1F. The van der Waals surface area contributed by atoms with Gasteiger partial charge in [-0.2, -0.15) is 0 Å². The molecule has 0 heterocycles. The molecule has 0 fully saturated rings. The van der Waals surface area contributed by atoms with Gasteiger partial charge in [-0.3, -0.25) is 0 Å². The highest BCUT2D eigenvalue weighted by atomic mass is 19.2. The van der Waals surface area contributed by atoms with Gasteiger partial charge < -0.3 is 11.1 Å². The summed E-state index contributed by atoms with van der Waals surface area (Å²) in [4.78, 5) is 0. The smallest absolute Gasteiger partial charge is 0.185 e. The van der Waals surface area contributed by atoms with Crippen LogP contribution in [-0.4, -0.2) is 0 Å². The van der Waals surface area contributed by atoms with Crippen molar-refractivity contribution in [3.05, 3.63) is 53.4 Å². The average molecular weight is 274 g/mol. The molecule has 0 amide bonds. The van der Waals surface area contributed by atoms with E-state index in [-0.39, 0.29) is 11.8 Å². The molecule has 0 radical (unpaired) electrons. The first-order chi connectivity index (χ1) is 8.91. The van der Waals surface area contributed by atoms with Crippen LogP contribution in [0.25, 0.3) is 0 Å². The third-order valence-corrected chi connectivity index (χ3v) is 2.42. The van der Waals surface area contributed by atoms with Crippen molar-refractivity contribution in [1.29, 1.82) is 0 Å². The molecular formula is C12H7F5N2. The summed E-state index contributed by atoms with van der Waals surface area (Å²) in [7, 11) is 0. The number of nitrogens with two attached hydrogens (primary N) is 1. The summed E-state index contributed by atoms with van der Waals surface area (Å²) in [6.07, 6.45) is 0. The van der Waals surface area contributed by atoms with E-state index in [2.05, 4.69) is 0 Å². The fourth-order valence-corrected chi connectivity index (χ4v) is 1.46. The number of hydrogen-bond acceptors (Lipinski definition) is 2.